The van der Waals surface area contributed by atoms with Crippen LogP contribution in [0.25, 0.3) is 33.5 Å². The van der Waals surface area contributed by atoms with Gasteiger partial charge in [-0.1, -0.05) is 12.1 Å². The zero-order chi connectivity index (χ0) is 20.5. The van der Waals surface area contributed by atoms with Gasteiger partial charge in [0.05, 0.1) is 22.3 Å². The molecule has 0 unspecified atom stereocenters. The Morgan fingerprint density at radius 1 is 1.03 bits per heavy atom. The van der Waals surface area contributed by atoms with Crippen molar-refractivity contribution in [3.63, 3.8) is 0 Å². The predicted molar refractivity (Wildman–Crippen MR) is 106 cm³/mol. The van der Waals surface area contributed by atoms with Crippen molar-refractivity contribution in [2.45, 2.75) is 6.92 Å². The van der Waals surface area contributed by atoms with Gasteiger partial charge < -0.3 is 10.4 Å². The Morgan fingerprint density at radius 3 is 2.31 bits per heavy atom. The van der Waals surface area contributed by atoms with Crippen LogP contribution in [-0.2, 0) is 4.79 Å². The maximum absolute atomic E-state index is 13.2. The SMILES string of the molecule is CC(=O)Nc1ccc(-c2cc(C(=O)O)c3c(-c4ccc(F)cc4)[nH]nc3n2)cc1. The summed E-state index contributed by atoms with van der Waals surface area (Å²) < 4.78 is 13.2. The fourth-order valence-corrected chi connectivity index (χ4v) is 3.09. The van der Waals surface area contributed by atoms with Crippen LogP contribution in [0.2, 0.25) is 0 Å². The van der Waals surface area contributed by atoms with Gasteiger partial charge in [-0.05, 0) is 42.5 Å². The normalized spacial score (nSPS) is 10.8. The van der Waals surface area contributed by atoms with Crippen LogP contribution in [0.3, 0.4) is 0 Å². The molecule has 144 valence electrons. The van der Waals surface area contributed by atoms with Crippen LogP contribution in [0.4, 0.5) is 10.1 Å². The van der Waals surface area contributed by atoms with Crippen molar-refractivity contribution in [3.8, 4) is 22.5 Å². The van der Waals surface area contributed by atoms with E-state index in [-0.39, 0.29) is 22.9 Å². The number of anilines is 1. The second-order valence-electron chi connectivity index (χ2n) is 6.42. The van der Waals surface area contributed by atoms with Gasteiger partial charge in [0.15, 0.2) is 5.65 Å². The minimum atomic E-state index is -1.13. The number of H-pyrrole nitrogens is 1. The molecule has 1 amide bonds. The number of pyridine rings is 1. The lowest BCUT2D eigenvalue weighted by Gasteiger charge is -2.07. The molecule has 0 radical (unpaired) electrons. The summed E-state index contributed by atoms with van der Waals surface area (Å²) in [4.78, 5) is 27.6. The maximum Gasteiger partial charge on any atom is 0.336 e. The van der Waals surface area contributed by atoms with Crippen LogP contribution in [0.15, 0.2) is 54.6 Å². The Bertz CT molecular complexity index is 1230. The first-order valence-electron chi connectivity index (χ1n) is 8.69. The zero-order valence-corrected chi connectivity index (χ0v) is 15.2. The minimum Gasteiger partial charge on any atom is -0.478 e. The van der Waals surface area contributed by atoms with Gasteiger partial charge in [-0.3, -0.25) is 9.89 Å². The third-order valence-corrected chi connectivity index (χ3v) is 4.39. The fraction of sp³-hybridized carbons (Fsp3) is 0.0476. The van der Waals surface area contributed by atoms with Crippen LogP contribution in [-0.4, -0.2) is 32.2 Å². The number of aromatic carboxylic acids is 1. The number of amides is 1. The van der Waals surface area contributed by atoms with Crippen LogP contribution in [0.5, 0.6) is 0 Å². The van der Waals surface area contributed by atoms with Crippen molar-refractivity contribution in [1.82, 2.24) is 15.2 Å². The highest BCUT2D eigenvalue weighted by Gasteiger charge is 2.19. The standard InChI is InChI=1S/C21H15FN4O3/c1-11(27)23-15-8-4-12(5-9-15)17-10-16(21(28)29)18-19(25-26-20(18)24-17)13-2-6-14(22)7-3-13/h2-10H,1H3,(H,23,27)(H,28,29)(H,24,25,26). The molecule has 7 nitrogen and oxygen atoms in total. The average molecular weight is 390 g/mol. The Kier molecular flexibility index (Phi) is 4.52. The largest absolute Gasteiger partial charge is 0.478 e. The van der Waals surface area contributed by atoms with Crippen molar-refractivity contribution in [3.05, 3.63) is 66.0 Å². The third kappa shape index (κ3) is 3.55. The summed E-state index contributed by atoms with van der Waals surface area (Å²) in [5, 5.41) is 19.7. The first-order chi connectivity index (χ1) is 13.9. The molecule has 0 bridgehead atoms. The van der Waals surface area contributed by atoms with Gasteiger partial charge >= 0.3 is 5.97 Å². The van der Waals surface area contributed by atoms with Gasteiger partial charge in [0.2, 0.25) is 5.91 Å². The molecule has 0 saturated heterocycles. The first kappa shape index (κ1) is 18.3. The number of rotatable bonds is 4. The Balaban J connectivity index is 1.83. The van der Waals surface area contributed by atoms with Crippen LogP contribution < -0.4 is 5.32 Å². The molecule has 0 fully saturated rings. The van der Waals surface area contributed by atoms with Crippen molar-refractivity contribution in [1.29, 1.82) is 0 Å². The highest BCUT2D eigenvalue weighted by molar-refractivity contribution is 6.08. The van der Waals surface area contributed by atoms with E-state index in [1.807, 2.05) is 0 Å². The second-order valence-corrected chi connectivity index (χ2v) is 6.42. The number of hydrogen-bond acceptors (Lipinski definition) is 4. The maximum atomic E-state index is 13.2. The smallest absolute Gasteiger partial charge is 0.336 e. The molecular formula is C21H15FN4O3. The van der Waals surface area contributed by atoms with Crippen molar-refractivity contribution >= 4 is 28.6 Å². The monoisotopic (exact) mass is 390 g/mol. The van der Waals surface area contributed by atoms with Gasteiger partial charge in [0.1, 0.15) is 5.82 Å². The number of fused-ring (bicyclic) bond motifs is 1. The van der Waals surface area contributed by atoms with Gasteiger partial charge in [-0.15, -0.1) is 0 Å². The number of carbonyl (C=O) groups excluding carboxylic acids is 1. The summed E-state index contributed by atoms with van der Waals surface area (Å²) in [6, 6.07) is 14.0. The van der Waals surface area contributed by atoms with E-state index in [2.05, 4.69) is 20.5 Å². The molecule has 0 aliphatic rings. The number of halogens is 1. The van der Waals surface area contributed by atoms with Gasteiger partial charge in [-0.25, -0.2) is 14.2 Å². The Labute approximate surface area is 164 Å². The summed E-state index contributed by atoms with van der Waals surface area (Å²) in [6.07, 6.45) is 0. The number of carboxylic acid groups (broad SMARTS) is 1. The molecule has 0 aliphatic carbocycles. The number of aromatic nitrogens is 3. The van der Waals surface area contributed by atoms with E-state index in [9.17, 15) is 19.1 Å². The van der Waals surface area contributed by atoms with E-state index in [1.54, 1.807) is 36.4 Å². The lowest BCUT2D eigenvalue weighted by Crippen LogP contribution is -2.05. The van der Waals surface area contributed by atoms with Gasteiger partial charge in [-0.2, -0.15) is 5.10 Å². The molecule has 0 saturated carbocycles. The molecule has 2 heterocycles. The molecule has 0 atom stereocenters. The summed E-state index contributed by atoms with van der Waals surface area (Å²) in [6.45, 7) is 1.42. The van der Waals surface area contributed by atoms with Crippen LogP contribution in [0.1, 0.15) is 17.3 Å². The highest BCUT2D eigenvalue weighted by atomic mass is 19.1. The number of hydrogen-bond donors (Lipinski definition) is 3. The van der Waals surface area contributed by atoms with Crippen LogP contribution in [0, 0.1) is 5.82 Å². The zero-order valence-electron chi connectivity index (χ0n) is 15.2. The topological polar surface area (TPSA) is 108 Å². The number of carbonyl (C=O) groups is 2. The molecule has 8 heteroatoms. The quantitative estimate of drug-likeness (QED) is 0.486. The Hall–Kier alpha value is -4.07. The average Bonchev–Trinajstić information content (AvgIpc) is 3.12. The third-order valence-electron chi connectivity index (χ3n) is 4.39. The number of carboxylic acids is 1. The predicted octanol–water partition coefficient (Wildman–Crippen LogP) is 4.09. The number of aromatic amines is 1. The molecule has 0 spiro atoms. The number of nitrogens with zero attached hydrogens (tertiary/aromatic N) is 2. The van der Waals surface area contributed by atoms with E-state index < -0.39 is 5.97 Å². The van der Waals surface area contributed by atoms with E-state index in [4.69, 9.17) is 0 Å². The highest BCUT2D eigenvalue weighted by Crippen LogP contribution is 2.31. The van der Waals surface area contributed by atoms with E-state index in [0.29, 0.717) is 33.6 Å². The van der Waals surface area contributed by atoms with Crippen molar-refractivity contribution in [2.75, 3.05) is 5.32 Å². The molecule has 2 aromatic heterocycles. The lowest BCUT2D eigenvalue weighted by atomic mass is 10.0. The molecule has 29 heavy (non-hydrogen) atoms. The first-order valence-corrected chi connectivity index (χ1v) is 8.69. The Morgan fingerprint density at radius 2 is 1.69 bits per heavy atom. The summed E-state index contributed by atoms with van der Waals surface area (Å²) in [5.74, 6) is -1.70. The fourth-order valence-electron chi connectivity index (χ4n) is 3.09. The number of nitrogens with one attached hydrogen (secondary N) is 2. The van der Waals surface area contributed by atoms with Gasteiger partial charge in [0, 0.05) is 23.7 Å². The molecule has 4 rings (SSSR count). The minimum absolute atomic E-state index is 0.0315. The molecule has 2 aromatic carbocycles. The lowest BCUT2D eigenvalue weighted by molar-refractivity contribution is -0.114. The van der Waals surface area contributed by atoms with Crippen LogP contribution >= 0.6 is 0 Å². The summed E-state index contributed by atoms with van der Waals surface area (Å²) >= 11 is 0. The van der Waals surface area contributed by atoms with Crippen molar-refractivity contribution < 1.29 is 19.1 Å². The molecular weight excluding hydrogens is 375 g/mol. The van der Waals surface area contributed by atoms with E-state index in [0.717, 1.165) is 0 Å². The van der Waals surface area contributed by atoms with E-state index >= 15 is 0 Å². The molecule has 4 aromatic rings. The molecule has 0 aliphatic heterocycles. The van der Waals surface area contributed by atoms with Gasteiger partial charge in [0.25, 0.3) is 0 Å². The van der Waals surface area contributed by atoms with Crippen molar-refractivity contribution in [2.24, 2.45) is 0 Å². The summed E-state index contributed by atoms with van der Waals surface area (Å²) in [5.41, 5.74) is 3.06. The molecule has 3 N–H and O–H groups in total. The second kappa shape index (κ2) is 7.16. The summed E-state index contributed by atoms with van der Waals surface area (Å²) in [7, 11) is 0. The number of benzene rings is 2. The van der Waals surface area contributed by atoms with E-state index in [1.165, 1.54) is 25.1 Å².